The molecule has 0 heterocycles. The molecule has 5 nitrogen and oxygen atoms in total. The lowest BCUT2D eigenvalue weighted by atomic mass is 10.0. The predicted molar refractivity (Wildman–Crippen MR) is 64.8 cm³/mol. The minimum atomic E-state index is -1.31. The molecule has 92 valence electrons. The van der Waals surface area contributed by atoms with Crippen LogP contribution in [0.15, 0.2) is 18.2 Å². The van der Waals surface area contributed by atoms with Crippen LogP contribution in [0.2, 0.25) is 0 Å². The van der Waals surface area contributed by atoms with E-state index in [1.54, 1.807) is 25.1 Å². The van der Waals surface area contributed by atoms with Crippen molar-refractivity contribution in [2.24, 2.45) is 0 Å². The van der Waals surface area contributed by atoms with Crippen molar-refractivity contribution in [3.8, 4) is 0 Å². The molecule has 0 fully saturated rings. The summed E-state index contributed by atoms with van der Waals surface area (Å²) in [4.78, 5) is 22.8. The first-order chi connectivity index (χ1) is 7.75. The van der Waals surface area contributed by atoms with E-state index in [0.717, 1.165) is 0 Å². The average Bonchev–Trinajstić information content (AvgIpc) is 2.21. The zero-order valence-electron chi connectivity index (χ0n) is 10.1. The number of carbonyl (C=O) groups excluding carboxylic acids is 1. The van der Waals surface area contributed by atoms with Gasteiger partial charge in [0.2, 0.25) is 0 Å². The molecule has 1 rings (SSSR count). The molecule has 0 bridgehead atoms. The fraction of sp³-hybridized carbons (Fsp3) is 0.333. The van der Waals surface area contributed by atoms with E-state index in [0.29, 0.717) is 16.8 Å². The van der Waals surface area contributed by atoms with E-state index >= 15 is 0 Å². The highest BCUT2D eigenvalue weighted by atomic mass is 16.4. The van der Waals surface area contributed by atoms with Gasteiger partial charge in [-0.1, -0.05) is 6.07 Å². The molecule has 0 aromatic heterocycles. The first-order valence-corrected chi connectivity index (χ1v) is 5.16. The number of rotatable bonds is 3. The van der Waals surface area contributed by atoms with E-state index in [9.17, 15) is 9.59 Å². The summed E-state index contributed by atoms with van der Waals surface area (Å²) in [6.07, 6.45) is 0. The number of benzene rings is 1. The number of carboxylic acid groups (broad SMARTS) is 1. The number of hydrogen-bond acceptors (Lipinski definition) is 3. The Morgan fingerprint density at radius 2 is 1.94 bits per heavy atom. The summed E-state index contributed by atoms with van der Waals surface area (Å²) < 4.78 is 0. The van der Waals surface area contributed by atoms with Crippen molar-refractivity contribution >= 4 is 17.6 Å². The zero-order chi connectivity index (χ0) is 13.2. The molecule has 0 unspecified atom stereocenters. The van der Waals surface area contributed by atoms with Crippen molar-refractivity contribution in [3.05, 3.63) is 29.3 Å². The second-order valence-electron chi connectivity index (χ2n) is 4.40. The largest absolute Gasteiger partial charge is 0.480 e. The van der Waals surface area contributed by atoms with Crippen molar-refractivity contribution < 1.29 is 14.7 Å². The number of nitrogens with two attached hydrogens (primary N) is 1. The van der Waals surface area contributed by atoms with Gasteiger partial charge < -0.3 is 16.2 Å². The lowest BCUT2D eigenvalue weighted by molar-refractivity contribution is -0.143. The highest BCUT2D eigenvalue weighted by Gasteiger charge is 2.29. The van der Waals surface area contributed by atoms with Crippen LogP contribution >= 0.6 is 0 Å². The predicted octanol–water partition coefficient (Wildman–Crippen LogP) is 1.17. The Labute approximate surface area is 99.6 Å². The molecule has 1 amide bonds. The fourth-order valence-electron chi connectivity index (χ4n) is 1.30. The van der Waals surface area contributed by atoms with Crippen LogP contribution < -0.4 is 11.1 Å². The topological polar surface area (TPSA) is 92.4 Å². The maximum absolute atomic E-state index is 11.9. The molecular formula is C12H16N2O3. The second kappa shape index (κ2) is 4.45. The van der Waals surface area contributed by atoms with Crippen LogP contribution in [0, 0.1) is 6.92 Å². The molecule has 0 spiro atoms. The van der Waals surface area contributed by atoms with E-state index in [-0.39, 0.29) is 0 Å². The Morgan fingerprint density at radius 3 is 2.47 bits per heavy atom. The number of nitrogen functional groups attached to an aromatic ring is 1. The molecule has 0 aliphatic carbocycles. The molecule has 1 aromatic rings. The van der Waals surface area contributed by atoms with Crippen molar-refractivity contribution in [1.29, 1.82) is 0 Å². The van der Waals surface area contributed by atoms with Crippen LogP contribution in [0.3, 0.4) is 0 Å². The van der Waals surface area contributed by atoms with Gasteiger partial charge in [0.25, 0.3) is 5.91 Å². The number of nitrogens with one attached hydrogen (secondary N) is 1. The summed E-state index contributed by atoms with van der Waals surface area (Å²) in [5.74, 6) is -1.53. The highest BCUT2D eigenvalue weighted by Crippen LogP contribution is 2.16. The second-order valence-corrected chi connectivity index (χ2v) is 4.40. The summed E-state index contributed by atoms with van der Waals surface area (Å²) in [6.45, 7) is 4.57. The van der Waals surface area contributed by atoms with Gasteiger partial charge in [-0.2, -0.15) is 0 Å². The van der Waals surface area contributed by atoms with Gasteiger partial charge in [-0.05, 0) is 38.5 Å². The van der Waals surface area contributed by atoms with E-state index in [4.69, 9.17) is 10.8 Å². The van der Waals surface area contributed by atoms with Gasteiger partial charge in [0.1, 0.15) is 5.54 Å². The molecule has 0 aliphatic heterocycles. The van der Waals surface area contributed by atoms with Gasteiger partial charge >= 0.3 is 5.97 Å². The van der Waals surface area contributed by atoms with Crippen molar-refractivity contribution in [2.75, 3.05) is 5.73 Å². The fourth-order valence-corrected chi connectivity index (χ4v) is 1.30. The van der Waals surface area contributed by atoms with E-state index in [1.165, 1.54) is 13.8 Å². The molecule has 0 saturated carbocycles. The normalized spacial score (nSPS) is 11.0. The average molecular weight is 236 g/mol. The minimum absolute atomic E-state index is 0.388. The summed E-state index contributed by atoms with van der Waals surface area (Å²) >= 11 is 0. The van der Waals surface area contributed by atoms with E-state index < -0.39 is 17.4 Å². The van der Waals surface area contributed by atoms with Crippen molar-refractivity contribution in [1.82, 2.24) is 5.32 Å². The lowest BCUT2D eigenvalue weighted by Crippen LogP contribution is -2.49. The number of hydrogen-bond donors (Lipinski definition) is 3. The molecule has 0 saturated heterocycles. The van der Waals surface area contributed by atoms with Gasteiger partial charge in [0.15, 0.2) is 0 Å². The maximum atomic E-state index is 11.9. The van der Waals surface area contributed by atoms with Crippen LogP contribution in [-0.4, -0.2) is 22.5 Å². The smallest absolute Gasteiger partial charge is 0.328 e. The Hall–Kier alpha value is -2.04. The van der Waals surface area contributed by atoms with Gasteiger partial charge in [-0.15, -0.1) is 0 Å². The quantitative estimate of drug-likeness (QED) is 0.687. The number of aliphatic carboxylic acids is 1. The molecular weight excluding hydrogens is 220 g/mol. The van der Waals surface area contributed by atoms with Crippen LogP contribution in [0.4, 0.5) is 5.69 Å². The maximum Gasteiger partial charge on any atom is 0.328 e. The van der Waals surface area contributed by atoms with Crippen LogP contribution in [0.25, 0.3) is 0 Å². The first kappa shape index (κ1) is 13.0. The Balaban J connectivity index is 2.99. The number of amides is 1. The monoisotopic (exact) mass is 236 g/mol. The zero-order valence-corrected chi connectivity index (χ0v) is 10.1. The third-order valence-corrected chi connectivity index (χ3v) is 2.58. The summed E-state index contributed by atoms with van der Waals surface area (Å²) in [6, 6.07) is 4.96. The molecule has 1 aromatic carbocycles. The van der Waals surface area contributed by atoms with Crippen LogP contribution in [0.1, 0.15) is 29.8 Å². The summed E-state index contributed by atoms with van der Waals surface area (Å²) in [7, 11) is 0. The Bertz CT molecular complexity index is 467. The Morgan fingerprint density at radius 1 is 1.35 bits per heavy atom. The molecule has 5 heteroatoms. The van der Waals surface area contributed by atoms with E-state index in [1.807, 2.05) is 0 Å². The molecule has 4 N–H and O–H groups in total. The van der Waals surface area contributed by atoms with Crippen molar-refractivity contribution in [3.63, 3.8) is 0 Å². The van der Waals surface area contributed by atoms with Crippen LogP contribution in [0.5, 0.6) is 0 Å². The summed E-state index contributed by atoms with van der Waals surface area (Å²) in [5, 5.41) is 11.4. The molecule has 17 heavy (non-hydrogen) atoms. The molecule has 0 atom stereocenters. The standard InChI is InChI=1S/C12H16N2O3/c1-7-8(5-4-6-9(7)13)10(15)14-12(2,3)11(16)17/h4-6H,13H2,1-3H3,(H,14,15)(H,16,17). The molecule has 0 radical (unpaired) electrons. The van der Waals surface area contributed by atoms with Gasteiger partial charge in [0.05, 0.1) is 0 Å². The summed E-state index contributed by atoms with van der Waals surface area (Å²) in [5.41, 5.74) is 5.91. The minimum Gasteiger partial charge on any atom is -0.480 e. The van der Waals surface area contributed by atoms with Crippen LogP contribution in [-0.2, 0) is 4.79 Å². The third kappa shape index (κ3) is 2.75. The van der Waals surface area contributed by atoms with E-state index in [2.05, 4.69) is 5.32 Å². The molecule has 0 aliphatic rings. The number of carbonyl (C=O) groups is 2. The van der Waals surface area contributed by atoms with Gasteiger partial charge in [-0.3, -0.25) is 4.79 Å². The van der Waals surface area contributed by atoms with Gasteiger partial charge in [0, 0.05) is 11.3 Å². The highest BCUT2D eigenvalue weighted by molar-refractivity contribution is 5.99. The third-order valence-electron chi connectivity index (χ3n) is 2.58. The van der Waals surface area contributed by atoms with Gasteiger partial charge in [-0.25, -0.2) is 4.79 Å². The Kier molecular flexibility index (Phi) is 3.41. The first-order valence-electron chi connectivity index (χ1n) is 5.16. The number of carboxylic acids is 1. The number of anilines is 1. The van der Waals surface area contributed by atoms with Crippen molar-refractivity contribution in [2.45, 2.75) is 26.3 Å². The SMILES string of the molecule is Cc1c(N)cccc1C(=O)NC(C)(C)C(=O)O. The lowest BCUT2D eigenvalue weighted by Gasteiger charge is -2.21.